The van der Waals surface area contributed by atoms with Gasteiger partial charge in [-0.1, -0.05) is 198 Å². The van der Waals surface area contributed by atoms with Crippen LogP contribution in [0.25, 0.3) is 0 Å². The van der Waals surface area contributed by atoms with Gasteiger partial charge in [-0.15, -0.1) is 0 Å². The molecule has 0 aromatic rings. The zero-order chi connectivity index (χ0) is 40.1. The summed E-state index contributed by atoms with van der Waals surface area (Å²) in [6.07, 6.45) is 51.3. The van der Waals surface area contributed by atoms with Crippen LogP contribution in [0.3, 0.4) is 0 Å². The summed E-state index contributed by atoms with van der Waals surface area (Å²) in [5, 5.41) is 0. The zero-order valence-electron chi connectivity index (χ0n) is 36.2. The quantitative estimate of drug-likeness (QED) is 0.0267. The monoisotopic (exact) mass is 771 g/mol. The highest BCUT2D eigenvalue weighted by Gasteiger charge is 2.19. The van der Waals surface area contributed by atoms with Crippen molar-refractivity contribution in [1.29, 1.82) is 0 Å². The minimum absolute atomic E-state index is 0.0749. The summed E-state index contributed by atoms with van der Waals surface area (Å²) >= 11 is 0. The molecule has 0 rings (SSSR count). The minimum atomic E-state index is -0.767. The minimum Gasteiger partial charge on any atom is -0.462 e. The molecule has 0 N–H and O–H groups in total. The van der Waals surface area contributed by atoms with Crippen LogP contribution in [0.1, 0.15) is 226 Å². The first-order valence-electron chi connectivity index (χ1n) is 23.1. The molecule has 0 spiro atoms. The Labute approximate surface area is 339 Å². The molecule has 6 heteroatoms. The number of rotatable bonds is 41. The summed E-state index contributed by atoms with van der Waals surface area (Å²) in [4.78, 5) is 37.5. The lowest BCUT2D eigenvalue weighted by molar-refractivity contribution is -0.167. The van der Waals surface area contributed by atoms with Crippen LogP contribution in [-0.2, 0) is 28.6 Å². The fourth-order valence-corrected chi connectivity index (χ4v) is 6.37. The summed E-state index contributed by atoms with van der Waals surface area (Å²) in [5.41, 5.74) is 0. The number of ether oxygens (including phenoxy) is 3. The Morgan fingerprint density at radius 2 is 0.709 bits per heavy atom. The Balaban J connectivity index is 4.15. The van der Waals surface area contributed by atoms with Crippen LogP contribution in [0.4, 0.5) is 0 Å². The Morgan fingerprint density at radius 1 is 0.382 bits per heavy atom. The molecule has 0 aliphatic rings. The van der Waals surface area contributed by atoms with Crippen LogP contribution in [-0.4, -0.2) is 37.2 Å². The average Bonchev–Trinajstić information content (AvgIpc) is 3.18. The molecule has 0 fully saturated rings. The van der Waals surface area contributed by atoms with E-state index in [1.165, 1.54) is 89.9 Å². The summed E-state index contributed by atoms with van der Waals surface area (Å²) in [5.74, 6) is -0.896. The molecule has 0 aromatic carbocycles. The lowest BCUT2D eigenvalue weighted by Crippen LogP contribution is -2.30. The standard InChI is InChI=1S/C49H86O6/c1-4-7-10-13-15-17-19-20-21-22-23-24-25-26-27-28-30-31-33-36-39-42-48(51)54-45-46(44-53-47(50)41-38-35-12-9-6-3)55-49(52)43-40-37-34-32-29-18-16-14-11-8-5-2/h7,10,15,17,20-21,23-24,46H,4-6,8-9,11-14,16,18-19,22,25-45H2,1-3H3/b10-7-,17-15-,21-20-,24-23-. The fraction of sp³-hybridized carbons (Fsp3) is 0.776. The number of esters is 3. The van der Waals surface area contributed by atoms with Gasteiger partial charge in [0.05, 0.1) is 0 Å². The molecular weight excluding hydrogens is 685 g/mol. The highest BCUT2D eigenvalue weighted by molar-refractivity contribution is 5.71. The van der Waals surface area contributed by atoms with Crippen molar-refractivity contribution >= 4 is 17.9 Å². The maximum absolute atomic E-state index is 12.6. The third kappa shape index (κ3) is 42.4. The van der Waals surface area contributed by atoms with Gasteiger partial charge in [-0.3, -0.25) is 14.4 Å². The van der Waals surface area contributed by atoms with E-state index in [0.29, 0.717) is 19.3 Å². The van der Waals surface area contributed by atoms with E-state index in [1.807, 2.05) is 0 Å². The van der Waals surface area contributed by atoms with Gasteiger partial charge in [0.2, 0.25) is 0 Å². The Hall–Kier alpha value is -2.63. The van der Waals surface area contributed by atoms with E-state index in [4.69, 9.17) is 14.2 Å². The summed E-state index contributed by atoms with van der Waals surface area (Å²) in [7, 11) is 0. The topological polar surface area (TPSA) is 78.9 Å². The van der Waals surface area contributed by atoms with Gasteiger partial charge in [-0.25, -0.2) is 0 Å². The average molecular weight is 771 g/mol. The van der Waals surface area contributed by atoms with Crippen LogP contribution in [0.2, 0.25) is 0 Å². The number of unbranched alkanes of at least 4 members (excludes halogenated alkanes) is 22. The van der Waals surface area contributed by atoms with Crippen molar-refractivity contribution in [2.45, 2.75) is 232 Å². The second-order valence-corrected chi connectivity index (χ2v) is 15.3. The predicted molar refractivity (Wildman–Crippen MR) is 233 cm³/mol. The van der Waals surface area contributed by atoms with E-state index in [9.17, 15) is 14.4 Å². The van der Waals surface area contributed by atoms with Gasteiger partial charge in [0, 0.05) is 19.3 Å². The van der Waals surface area contributed by atoms with E-state index < -0.39 is 6.10 Å². The summed E-state index contributed by atoms with van der Waals surface area (Å²) in [6.45, 7) is 6.42. The van der Waals surface area contributed by atoms with Gasteiger partial charge in [0.1, 0.15) is 13.2 Å². The lowest BCUT2D eigenvalue weighted by Gasteiger charge is -2.18. The van der Waals surface area contributed by atoms with E-state index in [0.717, 1.165) is 96.3 Å². The van der Waals surface area contributed by atoms with Crippen LogP contribution >= 0.6 is 0 Å². The first-order chi connectivity index (χ1) is 27.0. The zero-order valence-corrected chi connectivity index (χ0v) is 36.2. The van der Waals surface area contributed by atoms with Crippen molar-refractivity contribution < 1.29 is 28.6 Å². The largest absolute Gasteiger partial charge is 0.462 e. The number of hydrogen-bond acceptors (Lipinski definition) is 6. The second-order valence-electron chi connectivity index (χ2n) is 15.3. The molecule has 0 aliphatic heterocycles. The second kappa shape index (κ2) is 44.1. The smallest absolute Gasteiger partial charge is 0.306 e. The number of hydrogen-bond donors (Lipinski definition) is 0. The van der Waals surface area contributed by atoms with Crippen molar-refractivity contribution in [3.05, 3.63) is 48.6 Å². The molecule has 1 atom stereocenters. The first-order valence-corrected chi connectivity index (χ1v) is 23.1. The van der Waals surface area contributed by atoms with Crippen molar-refractivity contribution in [3.63, 3.8) is 0 Å². The van der Waals surface area contributed by atoms with Crippen LogP contribution in [0.15, 0.2) is 48.6 Å². The van der Waals surface area contributed by atoms with Gasteiger partial charge >= 0.3 is 17.9 Å². The molecule has 0 aromatic heterocycles. The molecule has 318 valence electrons. The van der Waals surface area contributed by atoms with Crippen molar-refractivity contribution in [1.82, 2.24) is 0 Å². The van der Waals surface area contributed by atoms with E-state index in [-0.39, 0.29) is 31.1 Å². The number of carbonyl (C=O) groups excluding carboxylic acids is 3. The fourth-order valence-electron chi connectivity index (χ4n) is 6.37. The molecule has 1 unspecified atom stereocenters. The highest BCUT2D eigenvalue weighted by atomic mass is 16.6. The third-order valence-corrected chi connectivity index (χ3v) is 9.85. The van der Waals surface area contributed by atoms with Gasteiger partial charge in [-0.05, 0) is 57.8 Å². The molecule has 0 saturated carbocycles. The van der Waals surface area contributed by atoms with E-state index >= 15 is 0 Å². The molecule has 0 heterocycles. The van der Waals surface area contributed by atoms with Crippen molar-refractivity contribution in [2.24, 2.45) is 0 Å². The Bertz CT molecular complexity index is 980. The first kappa shape index (κ1) is 52.4. The predicted octanol–water partition coefficient (Wildman–Crippen LogP) is 14.8. The molecular formula is C49H86O6. The number of carbonyl (C=O) groups is 3. The van der Waals surface area contributed by atoms with Crippen LogP contribution < -0.4 is 0 Å². The molecule has 0 bridgehead atoms. The van der Waals surface area contributed by atoms with Gasteiger partial charge in [0.25, 0.3) is 0 Å². The molecule has 0 radical (unpaired) electrons. The van der Waals surface area contributed by atoms with Crippen molar-refractivity contribution in [3.8, 4) is 0 Å². The van der Waals surface area contributed by atoms with E-state index in [1.54, 1.807) is 0 Å². The normalized spacial score (nSPS) is 12.4. The number of allylic oxidation sites excluding steroid dienone is 8. The summed E-state index contributed by atoms with van der Waals surface area (Å²) < 4.78 is 16.6. The Morgan fingerprint density at radius 3 is 1.11 bits per heavy atom. The van der Waals surface area contributed by atoms with Crippen LogP contribution in [0, 0.1) is 0 Å². The lowest BCUT2D eigenvalue weighted by atomic mass is 10.1. The van der Waals surface area contributed by atoms with Crippen molar-refractivity contribution in [2.75, 3.05) is 13.2 Å². The molecule has 0 aliphatic carbocycles. The summed E-state index contributed by atoms with van der Waals surface area (Å²) in [6, 6.07) is 0. The molecule has 6 nitrogen and oxygen atoms in total. The molecule has 0 saturated heterocycles. The molecule has 0 amide bonds. The molecule has 55 heavy (non-hydrogen) atoms. The van der Waals surface area contributed by atoms with E-state index in [2.05, 4.69) is 69.4 Å². The SMILES string of the molecule is CC/C=C\C/C=C\C/C=C\C/C=C\CCCCCCCCCCC(=O)OCC(COC(=O)CCCCCCC)OC(=O)CCCCCCCCCCCCC. The Kier molecular flexibility index (Phi) is 42.0. The maximum Gasteiger partial charge on any atom is 0.306 e. The maximum atomic E-state index is 12.6. The van der Waals surface area contributed by atoms with Gasteiger partial charge in [0.15, 0.2) is 6.10 Å². The van der Waals surface area contributed by atoms with Gasteiger partial charge < -0.3 is 14.2 Å². The third-order valence-electron chi connectivity index (χ3n) is 9.85. The van der Waals surface area contributed by atoms with Crippen LogP contribution in [0.5, 0.6) is 0 Å². The highest BCUT2D eigenvalue weighted by Crippen LogP contribution is 2.14. The van der Waals surface area contributed by atoms with Gasteiger partial charge in [-0.2, -0.15) is 0 Å².